The van der Waals surface area contributed by atoms with Gasteiger partial charge in [0.2, 0.25) is 0 Å². The summed E-state index contributed by atoms with van der Waals surface area (Å²) < 4.78 is 0. The maximum Gasteiger partial charge on any atom is 0.109 e. The molecule has 0 aromatic carbocycles. The zero-order chi connectivity index (χ0) is 12.8. The fourth-order valence-corrected chi connectivity index (χ4v) is 3.68. The van der Waals surface area contributed by atoms with Gasteiger partial charge < -0.3 is 5.32 Å². The molecular weight excluding hydrogens is 222 g/mol. The molecule has 1 heterocycles. The quantitative estimate of drug-likeness (QED) is 0.781. The lowest BCUT2D eigenvalue weighted by atomic mass is 9.88. The first kappa shape index (κ1) is 13.8. The summed E-state index contributed by atoms with van der Waals surface area (Å²) in [7, 11) is 0. The third-order valence-corrected chi connectivity index (χ3v) is 4.80. The van der Waals surface area contributed by atoms with Gasteiger partial charge in [-0.25, -0.2) is 0 Å². The Balaban J connectivity index is 2.01. The molecule has 0 amide bonds. The molecule has 1 saturated carbocycles. The molecule has 0 spiro atoms. The van der Waals surface area contributed by atoms with Gasteiger partial charge in [-0.3, -0.25) is 4.90 Å². The summed E-state index contributed by atoms with van der Waals surface area (Å²) in [5.41, 5.74) is -0.148. The van der Waals surface area contributed by atoms with Crippen molar-refractivity contribution < 1.29 is 0 Å². The van der Waals surface area contributed by atoms with Gasteiger partial charge in [-0.1, -0.05) is 32.6 Å². The van der Waals surface area contributed by atoms with Crippen molar-refractivity contribution in [3.05, 3.63) is 0 Å². The van der Waals surface area contributed by atoms with Crippen LogP contribution in [0.25, 0.3) is 0 Å². The summed E-state index contributed by atoms with van der Waals surface area (Å²) in [6, 6.07) is 2.69. The van der Waals surface area contributed by atoms with E-state index in [4.69, 9.17) is 0 Å². The second-order valence-corrected chi connectivity index (χ2v) is 5.97. The Morgan fingerprint density at radius 3 is 2.72 bits per heavy atom. The van der Waals surface area contributed by atoms with Crippen molar-refractivity contribution in [1.29, 1.82) is 5.26 Å². The normalized spacial score (nSPS) is 34.8. The van der Waals surface area contributed by atoms with Crippen molar-refractivity contribution in [3.63, 3.8) is 0 Å². The summed E-state index contributed by atoms with van der Waals surface area (Å²) >= 11 is 0. The van der Waals surface area contributed by atoms with E-state index in [1.807, 2.05) is 0 Å². The van der Waals surface area contributed by atoms with Crippen LogP contribution in [0.2, 0.25) is 0 Å². The first-order chi connectivity index (χ1) is 8.80. The van der Waals surface area contributed by atoms with Crippen LogP contribution < -0.4 is 5.32 Å². The molecule has 102 valence electrons. The molecule has 0 radical (unpaired) electrons. The number of nitriles is 1. The number of hydrogen-bond donors (Lipinski definition) is 1. The lowest BCUT2D eigenvalue weighted by Gasteiger charge is -2.41. The Kier molecular flexibility index (Phi) is 5.03. The maximum atomic E-state index is 9.72. The average molecular weight is 249 g/mol. The third kappa shape index (κ3) is 3.05. The van der Waals surface area contributed by atoms with Crippen LogP contribution in [0.3, 0.4) is 0 Å². The molecule has 2 atom stereocenters. The van der Waals surface area contributed by atoms with E-state index in [1.165, 1.54) is 32.1 Å². The fraction of sp³-hybridized carbons (Fsp3) is 0.933. The molecular formula is C15H27N3. The predicted molar refractivity (Wildman–Crippen MR) is 74.3 cm³/mol. The molecule has 0 aromatic rings. The Morgan fingerprint density at radius 1 is 1.28 bits per heavy atom. The third-order valence-electron chi connectivity index (χ3n) is 4.80. The monoisotopic (exact) mass is 249 g/mol. The number of hydrogen-bond acceptors (Lipinski definition) is 3. The predicted octanol–water partition coefficient (Wildman–Crippen LogP) is 2.53. The zero-order valence-corrected chi connectivity index (χ0v) is 11.7. The highest BCUT2D eigenvalue weighted by atomic mass is 15.2. The lowest BCUT2D eigenvalue weighted by molar-refractivity contribution is 0.103. The highest BCUT2D eigenvalue weighted by molar-refractivity contribution is 5.10. The Labute approximate surface area is 112 Å². The number of nitrogens with zero attached hydrogens (tertiary/aromatic N) is 2. The number of piperazine rings is 1. The van der Waals surface area contributed by atoms with Crippen molar-refractivity contribution in [2.45, 2.75) is 57.4 Å². The molecule has 2 aliphatic rings. The van der Waals surface area contributed by atoms with E-state index in [9.17, 15) is 5.26 Å². The zero-order valence-electron chi connectivity index (χ0n) is 11.7. The van der Waals surface area contributed by atoms with Crippen LogP contribution >= 0.6 is 0 Å². The highest BCUT2D eigenvalue weighted by Gasteiger charge is 2.39. The second kappa shape index (κ2) is 6.54. The minimum absolute atomic E-state index is 0.148. The van der Waals surface area contributed by atoms with Gasteiger partial charge in [0.05, 0.1) is 6.07 Å². The molecule has 0 bridgehead atoms. The van der Waals surface area contributed by atoms with Gasteiger partial charge in [-0.2, -0.15) is 5.26 Å². The number of nitrogens with one attached hydrogen (secondary N) is 1. The van der Waals surface area contributed by atoms with Crippen molar-refractivity contribution in [1.82, 2.24) is 10.2 Å². The van der Waals surface area contributed by atoms with E-state index in [0.29, 0.717) is 0 Å². The van der Waals surface area contributed by atoms with Gasteiger partial charge >= 0.3 is 0 Å². The van der Waals surface area contributed by atoms with Gasteiger partial charge in [-0.05, 0) is 25.2 Å². The molecule has 0 aromatic heterocycles. The minimum Gasteiger partial charge on any atom is -0.314 e. The number of rotatable bonds is 3. The van der Waals surface area contributed by atoms with Crippen LogP contribution in [0.5, 0.6) is 0 Å². The van der Waals surface area contributed by atoms with Gasteiger partial charge in [0.1, 0.15) is 5.54 Å². The summed E-state index contributed by atoms with van der Waals surface area (Å²) in [6.07, 6.45) is 8.65. The molecule has 1 saturated heterocycles. The van der Waals surface area contributed by atoms with E-state index < -0.39 is 0 Å². The smallest absolute Gasteiger partial charge is 0.109 e. The lowest BCUT2D eigenvalue weighted by Crippen LogP contribution is -2.55. The molecule has 2 rings (SSSR count). The van der Waals surface area contributed by atoms with Gasteiger partial charge in [0.15, 0.2) is 0 Å². The van der Waals surface area contributed by atoms with Gasteiger partial charge in [-0.15, -0.1) is 0 Å². The maximum absolute atomic E-state index is 9.72. The molecule has 1 N–H and O–H groups in total. The van der Waals surface area contributed by atoms with Crippen LogP contribution in [-0.4, -0.2) is 36.6 Å². The van der Waals surface area contributed by atoms with E-state index in [-0.39, 0.29) is 5.54 Å². The van der Waals surface area contributed by atoms with E-state index in [2.05, 4.69) is 23.2 Å². The SMILES string of the molecule is CCCC1CCCC(C#N)(N2CCNCC2)CC1. The van der Waals surface area contributed by atoms with Crippen molar-refractivity contribution in [2.24, 2.45) is 5.92 Å². The van der Waals surface area contributed by atoms with E-state index >= 15 is 0 Å². The highest BCUT2D eigenvalue weighted by Crippen LogP contribution is 2.36. The van der Waals surface area contributed by atoms with Crippen molar-refractivity contribution in [2.75, 3.05) is 26.2 Å². The van der Waals surface area contributed by atoms with E-state index in [0.717, 1.165) is 44.9 Å². The van der Waals surface area contributed by atoms with E-state index in [1.54, 1.807) is 0 Å². The van der Waals surface area contributed by atoms with Crippen LogP contribution in [0, 0.1) is 17.2 Å². The summed E-state index contributed by atoms with van der Waals surface area (Å²) in [5.74, 6) is 0.869. The van der Waals surface area contributed by atoms with Gasteiger partial charge in [0.25, 0.3) is 0 Å². The van der Waals surface area contributed by atoms with Crippen LogP contribution in [0.15, 0.2) is 0 Å². The molecule has 2 fully saturated rings. The molecule has 1 aliphatic carbocycles. The minimum atomic E-state index is -0.148. The molecule has 3 nitrogen and oxygen atoms in total. The Hall–Kier alpha value is -0.590. The topological polar surface area (TPSA) is 39.1 Å². The van der Waals surface area contributed by atoms with Crippen LogP contribution in [0.1, 0.15) is 51.9 Å². The first-order valence-corrected chi connectivity index (χ1v) is 7.68. The fourth-order valence-electron chi connectivity index (χ4n) is 3.68. The Morgan fingerprint density at radius 2 is 2.06 bits per heavy atom. The summed E-state index contributed by atoms with van der Waals surface area (Å²) in [5, 5.41) is 13.1. The summed E-state index contributed by atoms with van der Waals surface area (Å²) in [6.45, 7) is 6.46. The second-order valence-electron chi connectivity index (χ2n) is 5.97. The molecule has 18 heavy (non-hydrogen) atoms. The average Bonchev–Trinajstić information content (AvgIpc) is 2.64. The Bertz CT molecular complexity index is 291. The standard InChI is InChI=1S/C15H27N3/c1-2-4-14-5-3-7-15(13-16,8-6-14)18-11-9-17-10-12-18/h14,17H,2-12H2,1H3. The van der Waals surface area contributed by atoms with Crippen LogP contribution in [0.4, 0.5) is 0 Å². The van der Waals surface area contributed by atoms with Crippen LogP contribution in [-0.2, 0) is 0 Å². The van der Waals surface area contributed by atoms with Gasteiger partial charge in [0, 0.05) is 26.2 Å². The summed E-state index contributed by atoms with van der Waals surface area (Å²) in [4.78, 5) is 2.46. The van der Waals surface area contributed by atoms with Crippen molar-refractivity contribution >= 4 is 0 Å². The van der Waals surface area contributed by atoms with Crippen molar-refractivity contribution in [3.8, 4) is 6.07 Å². The largest absolute Gasteiger partial charge is 0.314 e. The molecule has 1 aliphatic heterocycles. The first-order valence-electron chi connectivity index (χ1n) is 7.68. The molecule has 2 unspecified atom stereocenters. The molecule has 3 heteroatoms.